The van der Waals surface area contributed by atoms with Gasteiger partial charge in [-0.2, -0.15) is 0 Å². The van der Waals surface area contributed by atoms with Gasteiger partial charge in [-0.05, 0) is 32.6 Å². The van der Waals surface area contributed by atoms with Crippen molar-refractivity contribution >= 4 is 5.90 Å². The number of nitrogens with zero attached hydrogens (tertiary/aromatic N) is 1. The van der Waals surface area contributed by atoms with E-state index >= 15 is 0 Å². The number of rotatable bonds is 1. The lowest BCUT2D eigenvalue weighted by atomic mass is 10.1. The second-order valence-corrected chi connectivity index (χ2v) is 2.77. The van der Waals surface area contributed by atoms with E-state index in [9.17, 15) is 0 Å². The highest BCUT2D eigenvalue weighted by atomic mass is 16.5. The Kier molecular flexibility index (Phi) is 1.84. The summed E-state index contributed by atoms with van der Waals surface area (Å²) in [6, 6.07) is 0.319. The van der Waals surface area contributed by atoms with E-state index in [0.717, 1.165) is 18.4 Å². The summed E-state index contributed by atoms with van der Waals surface area (Å²) in [5.74, 6) is 1.89. The summed E-state index contributed by atoms with van der Waals surface area (Å²) in [5.41, 5.74) is 0. The minimum Gasteiger partial charge on any atom is -0.478 e. The van der Waals surface area contributed by atoms with Crippen molar-refractivity contribution < 1.29 is 4.74 Å². The van der Waals surface area contributed by atoms with Crippen molar-refractivity contribution in [3.05, 3.63) is 31.6 Å². The van der Waals surface area contributed by atoms with Crippen LogP contribution in [-0.2, 0) is 4.74 Å². The van der Waals surface area contributed by atoms with Gasteiger partial charge < -0.3 is 4.74 Å². The Morgan fingerprint density at radius 1 is 1.45 bits per heavy atom. The maximum Gasteiger partial charge on any atom is 0.191 e. The van der Waals surface area contributed by atoms with Crippen LogP contribution >= 0.6 is 0 Å². The Bertz CT molecular complexity index is 170. The van der Waals surface area contributed by atoms with Crippen LogP contribution in [0.1, 0.15) is 6.92 Å². The lowest BCUT2D eigenvalue weighted by Crippen LogP contribution is -2.09. The van der Waals surface area contributed by atoms with Crippen LogP contribution in [0.3, 0.4) is 0 Å². The molecule has 2 nitrogen and oxygen atoms in total. The predicted molar refractivity (Wildman–Crippen MR) is 43.3 cm³/mol. The number of ether oxygens (including phenoxy) is 1. The molecule has 11 heavy (non-hydrogen) atoms. The van der Waals surface area contributed by atoms with Crippen molar-refractivity contribution in [1.29, 1.82) is 0 Å². The lowest BCUT2D eigenvalue weighted by molar-refractivity contribution is 0.321. The zero-order valence-electron chi connectivity index (χ0n) is 6.45. The van der Waals surface area contributed by atoms with E-state index < -0.39 is 0 Å². The summed E-state index contributed by atoms with van der Waals surface area (Å²) in [6.07, 6.45) is 8.00. The minimum atomic E-state index is 0.319. The Balaban J connectivity index is 1.98. The molecule has 1 atom stereocenters. The van der Waals surface area contributed by atoms with Crippen LogP contribution in [0.2, 0.25) is 0 Å². The first-order valence-corrected chi connectivity index (χ1v) is 3.79. The number of hydrogen-bond donors (Lipinski definition) is 0. The molecular weight excluding hydrogens is 138 g/mol. The largest absolute Gasteiger partial charge is 0.478 e. The zero-order valence-corrected chi connectivity index (χ0v) is 6.45. The van der Waals surface area contributed by atoms with Crippen molar-refractivity contribution in [3.63, 3.8) is 0 Å². The maximum absolute atomic E-state index is 5.36. The Morgan fingerprint density at radius 2 is 2.18 bits per heavy atom. The summed E-state index contributed by atoms with van der Waals surface area (Å²) in [7, 11) is 0. The van der Waals surface area contributed by atoms with E-state index in [1.165, 1.54) is 0 Å². The fourth-order valence-electron chi connectivity index (χ4n) is 1.15. The SMILES string of the molecule is C[C@H]1COC([C]2[CH][CH][CH][CH]2)=N1. The van der Waals surface area contributed by atoms with Crippen LogP contribution in [0, 0.1) is 31.6 Å². The second-order valence-electron chi connectivity index (χ2n) is 2.77. The van der Waals surface area contributed by atoms with Gasteiger partial charge >= 0.3 is 0 Å². The lowest BCUT2D eigenvalue weighted by Gasteiger charge is -2.05. The van der Waals surface area contributed by atoms with Crippen LogP contribution in [0.5, 0.6) is 0 Å². The highest BCUT2D eigenvalue weighted by molar-refractivity contribution is 5.96. The summed E-state index contributed by atoms with van der Waals surface area (Å²) in [4.78, 5) is 4.33. The molecule has 1 heterocycles. The molecule has 0 N–H and O–H groups in total. The Labute approximate surface area is 67.7 Å². The molecule has 0 unspecified atom stereocenters. The highest BCUT2D eigenvalue weighted by Gasteiger charge is 2.27. The summed E-state index contributed by atoms with van der Waals surface area (Å²) in [6.45, 7) is 2.77. The predicted octanol–water partition coefficient (Wildman–Crippen LogP) is 1.21. The van der Waals surface area contributed by atoms with Crippen molar-refractivity contribution in [2.45, 2.75) is 13.0 Å². The van der Waals surface area contributed by atoms with E-state index in [1.54, 1.807) is 0 Å². The summed E-state index contributed by atoms with van der Waals surface area (Å²) in [5, 5.41) is 0. The average molecular weight is 148 g/mol. The van der Waals surface area contributed by atoms with Gasteiger partial charge in [-0.3, -0.25) is 0 Å². The Hall–Kier alpha value is -0.530. The molecule has 2 aliphatic rings. The van der Waals surface area contributed by atoms with Crippen LogP contribution in [0.25, 0.3) is 0 Å². The summed E-state index contributed by atoms with van der Waals surface area (Å²) >= 11 is 0. The van der Waals surface area contributed by atoms with Crippen molar-refractivity contribution in [1.82, 2.24) is 0 Å². The molecule has 0 amide bonds. The molecule has 0 aromatic carbocycles. The molecule has 0 spiro atoms. The van der Waals surface area contributed by atoms with Gasteiger partial charge in [0.25, 0.3) is 0 Å². The first-order chi connectivity index (χ1) is 5.36. The first-order valence-electron chi connectivity index (χ1n) is 3.79. The molecule has 5 radical (unpaired) electrons. The highest BCUT2D eigenvalue weighted by Crippen LogP contribution is 2.27. The van der Waals surface area contributed by atoms with E-state index in [2.05, 4.69) is 11.9 Å². The van der Waals surface area contributed by atoms with E-state index in [4.69, 9.17) is 4.74 Å². The van der Waals surface area contributed by atoms with Gasteiger partial charge in [0.1, 0.15) is 6.61 Å². The Morgan fingerprint density at radius 3 is 2.73 bits per heavy atom. The number of hydrogen-bond acceptors (Lipinski definition) is 2. The van der Waals surface area contributed by atoms with Crippen LogP contribution in [-0.4, -0.2) is 18.5 Å². The topological polar surface area (TPSA) is 21.6 Å². The molecule has 1 aliphatic heterocycles. The zero-order chi connectivity index (χ0) is 7.68. The third-order valence-electron chi connectivity index (χ3n) is 1.71. The molecule has 0 aromatic heterocycles. The van der Waals surface area contributed by atoms with Gasteiger partial charge in [0, 0.05) is 0 Å². The molecule has 0 bridgehead atoms. The third-order valence-corrected chi connectivity index (χ3v) is 1.71. The quantitative estimate of drug-likeness (QED) is 0.547. The first kappa shape index (κ1) is 7.14. The summed E-state index contributed by atoms with van der Waals surface area (Å²) < 4.78 is 5.36. The fraction of sp³-hybridized carbons (Fsp3) is 0.333. The van der Waals surface area contributed by atoms with Crippen LogP contribution in [0.4, 0.5) is 0 Å². The van der Waals surface area contributed by atoms with Gasteiger partial charge in [0.2, 0.25) is 0 Å². The molecule has 0 aromatic rings. The van der Waals surface area contributed by atoms with Crippen LogP contribution < -0.4 is 0 Å². The maximum atomic E-state index is 5.36. The molecular formula is C9H10NO. The van der Waals surface area contributed by atoms with E-state index in [1.807, 2.05) is 25.7 Å². The monoisotopic (exact) mass is 148 g/mol. The second kappa shape index (κ2) is 2.84. The molecule has 2 heteroatoms. The normalized spacial score (nSPS) is 32.1. The van der Waals surface area contributed by atoms with Gasteiger partial charge in [-0.1, -0.05) is 0 Å². The van der Waals surface area contributed by atoms with Crippen molar-refractivity contribution in [2.24, 2.45) is 4.99 Å². The smallest absolute Gasteiger partial charge is 0.191 e. The number of aliphatic imine (C=N–C) groups is 1. The average Bonchev–Trinajstić information content (AvgIpc) is 2.55. The van der Waals surface area contributed by atoms with Crippen LogP contribution in [0.15, 0.2) is 4.99 Å². The van der Waals surface area contributed by atoms with Gasteiger partial charge in [-0.15, -0.1) is 0 Å². The molecule has 1 aliphatic carbocycles. The molecule has 2 rings (SSSR count). The fourth-order valence-corrected chi connectivity index (χ4v) is 1.15. The minimum absolute atomic E-state index is 0.319. The van der Waals surface area contributed by atoms with Gasteiger partial charge in [-0.25, -0.2) is 4.99 Å². The molecule has 57 valence electrons. The molecule has 1 saturated carbocycles. The molecule has 1 fully saturated rings. The van der Waals surface area contributed by atoms with E-state index in [-0.39, 0.29) is 0 Å². The van der Waals surface area contributed by atoms with Crippen molar-refractivity contribution in [3.8, 4) is 0 Å². The van der Waals surface area contributed by atoms with Crippen molar-refractivity contribution in [2.75, 3.05) is 6.61 Å². The third kappa shape index (κ3) is 1.39. The van der Waals surface area contributed by atoms with Gasteiger partial charge in [0.15, 0.2) is 5.90 Å². The van der Waals surface area contributed by atoms with E-state index in [0.29, 0.717) is 6.04 Å². The van der Waals surface area contributed by atoms with Gasteiger partial charge in [0.05, 0.1) is 12.0 Å². The molecule has 0 saturated heterocycles. The standard InChI is InChI=1S/C9H10NO/c1-7-6-11-9(10-7)8-4-2-3-5-8/h2-5,7H,6H2,1H3/t7-/m0/s1.